The second-order valence-corrected chi connectivity index (χ2v) is 3.16. The highest BCUT2D eigenvalue weighted by Crippen LogP contribution is 2.19. The first-order chi connectivity index (χ1) is 6.83. The predicted octanol–water partition coefficient (Wildman–Crippen LogP) is 0.571. The van der Waals surface area contributed by atoms with Gasteiger partial charge in [-0.1, -0.05) is 30.3 Å². The van der Waals surface area contributed by atoms with Gasteiger partial charge < -0.3 is 10.8 Å². The SMILES string of the molecule is [N-]=[N+]=C1C(=O)NCC1c1ccccc1. The van der Waals surface area contributed by atoms with Crippen LogP contribution in [0.3, 0.4) is 0 Å². The summed E-state index contributed by atoms with van der Waals surface area (Å²) in [6.45, 7) is 0.502. The minimum absolute atomic E-state index is 0.131. The summed E-state index contributed by atoms with van der Waals surface area (Å²) in [5.74, 6) is -0.421. The van der Waals surface area contributed by atoms with Crippen LogP contribution in [-0.4, -0.2) is 23.0 Å². The molecule has 1 saturated heterocycles. The quantitative estimate of drug-likeness (QED) is 0.507. The van der Waals surface area contributed by atoms with Crippen LogP contribution in [-0.2, 0) is 4.79 Å². The summed E-state index contributed by atoms with van der Waals surface area (Å²) in [7, 11) is 0. The summed E-state index contributed by atoms with van der Waals surface area (Å²) in [6.07, 6.45) is 0. The normalized spacial score (nSPS) is 20.4. The van der Waals surface area contributed by atoms with Gasteiger partial charge in [0.1, 0.15) is 5.92 Å². The van der Waals surface area contributed by atoms with Crippen molar-refractivity contribution in [3.8, 4) is 0 Å². The topological polar surface area (TPSA) is 65.5 Å². The third-order valence-corrected chi connectivity index (χ3v) is 2.34. The molecule has 1 fully saturated rings. The van der Waals surface area contributed by atoms with Crippen molar-refractivity contribution in [1.82, 2.24) is 5.32 Å². The van der Waals surface area contributed by atoms with Crippen molar-refractivity contribution in [2.45, 2.75) is 5.92 Å². The summed E-state index contributed by atoms with van der Waals surface area (Å²) < 4.78 is 0. The highest BCUT2D eigenvalue weighted by atomic mass is 16.2. The molecule has 0 bridgehead atoms. The van der Waals surface area contributed by atoms with Gasteiger partial charge >= 0.3 is 11.6 Å². The van der Waals surface area contributed by atoms with Crippen molar-refractivity contribution in [2.24, 2.45) is 0 Å². The largest absolute Gasteiger partial charge is 0.364 e. The van der Waals surface area contributed by atoms with E-state index in [9.17, 15) is 4.79 Å². The van der Waals surface area contributed by atoms with Crippen LogP contribution < -0.4 is 5.32 Å². The number of carbonyl (C=O) groups is 1. The highest BCUT2D eigenvalue weighted by molar-refractivity contribution is 6.40. The first-order valence-electron chi connectivity index (χ1n) is 4.38. The van der Waals surface area contributed by atoms with Gasteiger partial charge in [0, 0.05) is 6.54 Å². The fourth-order valence-corrected chi connectivity index (χ4v) is 1.62. The molecule has 1 unspecified atom stereocenters. The second-order valence-electron chi connectivity index (χ2n) is 3.16. The molecule has 1 aliphatic heterocycles. The molecule has 0 radical (unpaired) electrons. The number of nitrogens with zero attached hydrogens (tertiary/aromatic N) is 2. The maximum absolute atomic E-state index is 11.2. The van der Waals surface area contributed by atoms with Crippen molar-refractivity contribution >= 4 is 11.6 Å². The number of carbonyl (C=O) groups excluding carboxylic acids is 1. The monoisotopic (exact) mass is 187 g/mol. The van der Waals surface area contributed by atoms with Gasteiger partial charge in [-0.05, 0) is 5.56 Å². The molecule has 1 atom stereocenters. The zero-order chi connectivity index (χ0) is 9.97. The summed E-state index contributed by atoms with van der Waals surface area (Å²) >= 11 is 0. The molecule has 1 amide bonds. The molecule has 1 N–H and O–H groups in total. The number of amides is 1. The van der Waals surface area contributed by atoms with E-state index in [-0.39, 0.29) is 17.5 Å². The third kappa shape index (κ3) is 1.32. The van der Waals surface area contributed by atoms with Gasteiger partial charge in [0.2, 0.25) is 0 Å². The molecule has 4 nitrogen and oxygen atoms in total. The van der Waals surface area contributed by atoms with Crippen molar-refractivity contribution in [1.29, 1.82) is 0 Å². The fourth-order valence-electron chi connectivity index (χ4n) is 1.62. The smallest absolute Gasteiger partial charge is 0.361 e. The van der Waals surface area contributed by atoms with Gasteiger partial charge in [0.05, 0.1) is 0 Å². The maximum Gasteiger partial charge on any atom is 0.364 e. The maximum atomic E-state index is 11.2. The first-order valence-corrected chi connectivity index (χ1v) is 4.38. The van der Waals surface area contributed by atoms with E-state index in [0.29, 0.717) is 6.54 Å². The number of hydrogen-bond acceptors (Lipinski definition) is 1. The van der Waals surface area contributed by atoms with Crippen LogP contribution in [0.2, 0.25) is 0 Å². The van der Waals surface area contributed by atoms with Crippen molar-refractivity contribution in [2.75, 3.05) is 6.54 Å². The van der Waals surface area contributed by atoms with Crippen LogP contribution in [0.25, 0.3) is 5.53 Å². The molecule has 70 valence electrons. The number of benzene rings is 1. The molecular formula is C10H9N3O. The lowest BCUT2D eigenvalue weighted by molar-refractivity contribution is -0.117. The summed E-state index contributed by atoms with van der Waals surface area (Å²) in [5.41, 5.74) is 9.87. The lowest BCUT2D eigenvalue weighted by Gasteiger charge is -2.02. The molecule has 1 aromatic carbocycles. The summed E-state index contributed by atoms with van der Waals surface area (Å²) in [5, 5.41) is 2.64. The zero-order valence-electron chi connectivity index (χ0n) is 7.47. The molecule has 14 heavy (non-hydrogen) atoms. The fraction of sp³-hybridized carbons (Fsp3) is 0.200. The van der Waals surface area contributed by atoms with E-state index >= 15 is 0 Å². The van der Waals surface area contributed by atoms with E-state index in [2.05, 4.69) is 10.1 Å². The molecule has 1 aliphatic rings. The molecule has 2 rings (SSSR count). The molecule has 0 spiro atoms. The van der Waals surface area contributed by atoms with E-state index in [4.69, 9.17) is 5.53 Å². The Morgan fingerprint density at radius 1 is 1.36 bits per heavy atom. The Morgan fingerprint density at radius 2 is 2.07 bits per heavy atom. The van der Waals surface area contributed by atoms with Crippen molar-refractivity contribution in [3.63, 3.8) is 0 Å². The van der Waals surface area contributed by atoms with Crippen molar-refractivity contribution < 1.29 is 9.58 Å². The zero-order valence-corrected chi connectivity index (χ0v) is 7.47. The van der Waals surface area contributed by atoms with Crippen molar-refractivity contribution in [3.05, 3.63) is 41.4 Å². The Bertz CT molecular complexity index is 407. The summed E-state index contributed by atoms with van der Waals surface area (Å²) in [4.78, 5) is 14.2. The average molecular weight is 187 g/mol. The van der Waals surface area contributed by atoms with E-state index in [1.165, 1.54) is 0 Å². The van der Waals surface area contributed by atoms with E-state index in [1.54, 1.807) is 0 Å². The molecule has 1 aromatic rings. The minimum atomic E-state index is -0.290. The van der Waals surface area contributed by atoms with Crippen LogP contribution in [0.4, 0.5) is 0 Å². The lowest BCUT2D eigenvalue weighted by Crippen LogP contribution is -2.19. The van der Waals surface area contributed by atoms with Gasteiger partial charge in [-0.15, -0.1) is 0 Å². The molecule has 0 aromatic heterocycles. The van der Waals surface area contributed by atoms with E-state index in [1.807, 2.05) is 30.3 Å². The number of nitrogens with one attached hydrogen (secondary N) is 1. The van der Waals surface area contributed by atoms with Gasteiger partial charge in [-0.3, -0.25) is 4.79 Å². The highest BCUT2D eigenvalue weighted by Gasteiger charge is 2.38. The first kappa shape index (κ1) is 8.66. The Kier molecular flexibility index (Phi) is 2.13. The molecule has 0 saturated carbocycles. The van der Waals surface area contributed by atoms with Crippen LogP contribution in [0.15, 0.2) is 30.3 Å². The predicted molar refractivity (Wildman–Crippen MR) is 50.8 cm³/mol. The van der Waals surface area contributed by atoms with Crippen LogP contribution in [0.5, 0.6) is 0 Å². The molecular weight excluding hydrogens is 178 g/mol. The Morgan fingerprint density at radius 3 is 2.71 bits per heavy atom. The third-order valence-electron chi connectivity index (χ3n) is 2.34. The Hall–Kier alpha value is -1.93. The van der Waals surface area contributed by atoms with E-state index in [0.717, 1.165) is 5.56 Å². The standard InChI is InChI=1S/C10H9N3O/c11-13-9-8(6-12-10(9)14)7-4-2-1-3-5-7/h1-5,8H,6H2,(H,12,14). The van der Waals surface area contributed by atoms with E-state index < -0.39 is 0 Å². The molecule has 1 heterocycles. The molecule has 4 heteroatoms. The number of hydrogen-bond donors (Lipinski definition) is 1. The Balaban J connectivity index is 2.38. The number of rotatable bonds is 1. The van der Waals surface area contributed by atoms with Crippen LogP contribution in [0, 0.1) is 0 Å². The Labute approximate surface area is 81.2 Å². The minimum Gasteiger partial charge on any atom is -0.361 e. The lowest BCUT2D eigenvalue weighted by atomic mass is 9.97. The molecule has 0 aliphatic carbocycles. The van der Waals surface area contributed by atoms with Gasteiger partial charge in [-0.25, -0.2) is 0 Å². The van der Waals surface area contributed by atoms with Gasteiger partial charge in [-0.2, -0.15) is 4.79 Å². The second kappa shape index (κ2) is 3.44. The average Bonchev–Trinajstić information content (AvgIpc) is 2.61. The summed E-state index contributed by atoms with van der Waals surface area (Å²) in [6, 6.07) is 9.52. The van der Waals surface area contributed by atoms with Crippen LogP contribution >= 0.6 is 0 Å². The van der Waals surface area contributed by atoms with Crippen LogP contribution in [0.1, 0.15) is 11.5 Å². The van der Waals surface area contributed by atoms with Gasteiger partial charge in [0.15, 0.2) is 0 Å². The van der Waals surface area contributed by atoms with Gasteiger partial charge in [0.25, 0.3) is 0 Å².